The molecule has 1 fully saturated rings. The monoisotopic (exact) mass is 286 g/mol. The molecule has 0 amide bonds. The molecule has 2 N–H and O–H groups in total. The highest BCUT2D eigenvalue weighted by Gasteiger charge is 2.32. The zero-order valence-corrected chi connectivity index (χ0v) is 12.0. The van der Waals surface area contributed by atoms with Gasteiger partial charge < -0.3 is 5.73 Å². The van der Waals surface area contributed by atoms with Crippen LogP contribution in [0.1, 0.15) is 6.42 Å². The molecule has 2 rings (SSSR count). The molecule has 1 aromatic rings. The van der Waals surface area contributed by atoms with Crippen LogP contribution in [0.15, 0.2) is 34.1 Å². The molecule has 0 saturated carbocycles. The van der Waals surface area contributed by atoms with Crippen LogP contribution in [0.2, 0.25) is 0 Å². The van der Waals surface area contributed by atoms with Gasteiger partial charge in [0, 0.05) is 18.0 Å². The lowest BCUT2D eigenvalue weighted by Crippen LogP contribution is -2.30. The van der Waals surface area contributed by atoms with Gasteiger partial charge in [-0.05, 0) is 37.3 Å². The number of thioether (sulfide) groups is 1. The quantitative estimate of drug-likeness (QED) is 0.849. The van der Waals surface area contributed by atoms with Gasteiger partial charge in [-0.25, -0.2) is 8.42 Å². The van der Waals surface area contributed by atoms with Crippen molar-refractivity contribution in [2.75, 3.05) is 25.9 Å². The Morgan fingerprint density at radius 2 is 2.17 bits per heavy atom. The zero-order valence-electron chi connectivity index (χ0n) is 10.4. The largest absolute Gasteiger partial charge is 0.330 e. The molecule has 0 aromatic heterocycles. The molecule has 4 nitrogen and oxygen atoms in total. The van der Waals surface area contributed by atoms with Gasteiger partial charge >= 0.3 is 0 Å². The third-order valence-electron chi connectivity index (χ3n) is 3.27. The molecule has 0 radical (unpaired) electrons. The fourth-order valence-corrected chi connectivity index (χ4v) is 4.83. The van der Waals surface area contributed by atoms with Crippen molar-refractivity contribution < 1.29 is 8.42 Å². The molecule has 1 unspecified atom stereocenters. The number of nitrogens with zero attached hydrogens (tertiary/aromatic N) is 1. The van der Waals surface area contributed by atoms with Crippen LogP contribution in [0.25, 0.3) is 0 Å². The number of benzene rings is 1. The Morgan fingerprint density at radius 1 is 1.44 bits per heavy atom. The van der Waals surface area contributed by atoms with Gasteiger partial charge in [0.25, 0.3) is 0 Å². The summed E-state index contributed by atoms with van der Waals surface area (Å²) in [5, 5.41) is 0. The van der Waals surface area contributed by atoms with Crippen LogP contribution in [0, 0.1) is 5.92 Å². The minimum atomic E-state index is -3.37. The van der Waals surface area contributed by atoms with Crippen molar-refractivity contribution in [2.24, 2.45) is 11.7 Å². The predicted molar refractivity (Wildman–Crippen MR) is 74.1 cm³/mol. The Morgan fingerprint density at radius 3 is 2.78 bits per heavy atom. The summed E-state index contributed by atoms with van der Waals surface area (Å²) in [6.45, 7) is 1.67. The normalized spacial score (nSPS) is 21.3. The van der Waals surface area contributed by atoms with E-state index in [4.69, 9.17) is 5.73 Å². The minimum Gasteiger partial charge on any atom is -0.330 e. The summed E-state index contributed by atoms with van der Waals surface area (Å²) < 4.78 is 26.6. The maximum Gasteiger partial charge on any atom is 0.244 e. The molecule has 0 bridgehead atoms. The van der Waals surface area contributed by atoms with Gasteiger partial charge in [0.1, 0.15) is 0 Å². The van der Waals surface area contributed by atoms with Crippen LogP contribution >= 0.6 is 11.8 Å². The maximum absolute atomic E-state index is 12.5. The van der Waals surface area contributed by atoms with Gasteiger partial charge in [-0.2, -0.15) is 4.31 Å². The van der Waals surface area contributed by atoms with Crippen molar-refractivity contribution in [2.45, 2.75) is 16.2 Å². The fraction of sp³-hybridized carbons (Fsp3) is 0.500. The lowest BCUT2D eigenvalue weighted by molar-refractivity contribution is 0.457. The van der Waals surface area contributed by atoms with Crippen LogP contribution < -0.4 is 5.73 Å². The number of hydrogen-bond donors (Lipinski definition) is 1. The number of nitrogens with two attached hydrogens (primary N) is 1. The third-order valence-corrected chi connectivity index (χ3v) is 6.12. The third kappa shape index (κ3) is 2.56. The lowest BCUT2D eigenvalue weighted by atomic mass is 10.1. The second-order valence-corrected chi connectivity index (χ2v) is 7.16. The summed E-state index contributed by atoms with van der Waals surface area (Å²) in [5.41, 5.74) is 5.61. The van der Waals surface area contributed by atoms with E-state index in [-0.39, 0.29) is 0 Å². The molecule has 6 heteroatoms. The first-order valence-electron chi connectivity index (χ1n) is 5.93. The summed E-state index contributed by atoms with van der Waals surface area (Å²) in [7, 11) is -3.37. The highest BCUT2D eigenvalue weighted by atomic mass is 32.2. The van der Waals surface area contributed by atoms with E-state index < -0.39 is 10.0 Å². The Bertz CT molecular complexity index is 517. The first-order valence-corrected chi connectivity index (χ1v) is 8.59. The Labute approximate surface area is 113 Å². The Hall–Kier alpha value is -0.560. The van der Waals surface area contributed by atoms with E-state index >= 15 is 0 Å². The van der Waals surface area contributed by atoms with Crippen LogP contribution in [0.3, 0.4) is 0 Å². The van der Waals surface area contributed by atoms with Gasteiger partial charge in [0.15, 0.2) is 0 Å². The number of hydrogen-bond acceptors (Lipinski definition) is 4. The van der Waals surface area contributed by atoms with Gasteiger partial charge in [-0.15, -0.1) is 11.8 Å². The smallest absolute Gasteiger partial charge is 0.244 e. The highest BCUT2D eigenvalue weighted by Crippen LogP contribution is 2.29. The second-order valence-electron chi connectivity index (χ2n) is 4.40. The topological polar surface area (TPSA) is 63.4 Å². The molecule has 1 aliphatic rings. The average Bonchev–Trinajstić information content (AvgIpc) is 2.88. The van der Waals surface area contributed by atoms with E-state index in [1.807, 2.05) is 18.4 Å². The fourth-order valence-electron chi connectivity index (χ4n) is 2.18. The molecule has 1 atom stereocenters. The van der Waals surface area contributed by atoms with E-state index in [2.05, 4.69) is 0 Å². The summed E-state index contributed by atoms with van der Waals surface area (Å²) >= 11 is 1.46. The van der Waals surface area contributed by atoms with Crippen molar-refractivity contribution in [3.63, 3.8) is 0 Å². The first-order chi connectivity index (χ1) is 8.59. The molecule has 1 saturated heterocycles. The Kier molecular flexibility index (Phi) is 4.32. The summed E-state index contributed by atoms with van der Waals surface area (Å²) in [4.78, 5) is 1.21. The summed E-state index contributed by atoms with van der Waals surface area (Å²) in [6, 6.07) is 7.14. The second kappa shape index (κ2) is 5.61. The van der Waals surface area contributed by atoms with Gasteiger partial charge in [-0.3, -0.25) is 0 Å². The maximum atomic E-state index is 12.5. The van der Waals surface area contributed by atoms with E-state index in [1.54, 1.807) is 16.4 Å². The molecule has 1 aliphatic heterocycles. The van der Waals surface area contributed by atoms with Crippen molar-refractivity contribution in [3.05, 3.63) is 24.3 Å². The van der Waals surface area contributed by atoms with Crippen LogP contribution in [0.5, 0.6) is 0 Å². The molecular formula is C12H18N2O2S2. The minimum absolute atomic E-state index is 0.293. The molecule has 18 heavy (non-hydrogen) atoms. The van der Waals surface area contributed by atoms with Crippen molar-refractivity contribution in [1.82, 2.24) is 4.31 Å². The van der Waals surface area contributed by atoms with Crippen LogP contribution in [0.4, 0.5) is 0 Å². The summed E-state index contributed by atoms with van der Waals surface area (Å²) in [6.07, 6.45) is 2.75. The molecule has 100 valence electrons. The zero-order chi connectivity index (χ0) is 13.2. The standard InChI is InChI=1S/C12H18N2O2S2/c1-17-11-4-2-3-5-12(11)18(15,16)14-7-6-10(8-13)9-14/h2-5,10H,6-9,13H2,1H3. The van der Waals surface area contributed by atoms with Crippen LogP contribution in [-0.2, 0) is 10.0 Å². The predicted octanol–water partition coefficient (Wildman–Crippen LogP) is 1.38. The molecule has 0 aliphatic carbocycles. The first kappa shape index (κ1) is 13.9. The molecular weight excluding hydrogens is 268 g/mol. The molecule has 1 aromatic carbocycles. The lowest BCUT2D eigenvalue weighted by Gasteiger charge is -2.18. The number of rotatable bonds is 4. The van der Waals surface area contributed by atoms with E-state index in [1.165, 1.54) is 11.8 Å². The van der Waals surface area contributed by atoms with Crippen molar-refractivity contribution in [1.29, 1.82) is 0 Å². The van der Waals surface area contributed by atoms with Gasteiger partial charge in [0.05, 0.1) is 4.90 Å². The average molecular weight is 286 g/mol. The van der Waals surface area contributed by atoms with Crippen LogP contribution in [-0.4, -0.2) is 38.6 Å². The van der Waals surface area contributed by atoms with E-state index in [9.17, 15) is 8.42 Å². The molecule has 1 heterocycles. The van der Waals surface area contributed by atoms with Crippen molar-refractivity contribution >= 4 is 21.8 Å². The Balaban J connectivity index is 2.31. The SMILES string of the molecule is CSc1ccccc1S(=O)(=O)N1CCC(CN)C1. The van der Waals surface area contributed by atoms with Gasteiger partial charge in [0.2, 0.25) is 10.0 Å². The van der Waals surface area contributed by atoms with Gasteiger partial charge in [-0.1, -0.05) is 12.1 Å². The van der Waals surface area contributed by atoms with E-state index in [0.717, 1.165) is 11.3 Å². The van der Waals surface area contributed by atoms with Crippen molar-refractivity contribution in [3.8, 4) is 0 Å². The summed E-state index contributed by atoms with van der Waals surface area (Å²) in [5.74, 6) is 0.293. The van der Waals surface area contributed by atoms with E-state index in [0.29, 0.717) is 30.4 Å². The highest BCUT2D eigenvalue weighted by molar-refractivity contribution is 7.99. The molecule has 0 spiro atoms. The number of sulfonamides is 1.